The van der Waals surface area contributed by atoms with Gasteiger partial charge in [-0.25, -0.2) is 9.59 Å². The first-order chi connectivity index (χ1) is 18.6. The van der Waals surface area contributed by atoms with Crippen LogP contribution in [-0.2, 0) is 26.0 Å². The Morgan fingerprint density at radius 3 is 2.48 bits per heavy atom. The molecule has 2 aliphatic heterocycles. The van der Waals surface area contributed by atoms with E-state index in [1.54, 1.807) is 54.7 Å². The van der Waals surface area contributed by atoms with Crippen LogP contribution in [0.5, 0.6) is 11.5 Å². The number of likely N-dealkylation sites (tertiary alicyclic amines) is 1. The molecule has 3 N–H and O–H groups in total. The summed E-state index contributed by atoms with van der Waals surface area (Å²) in [7, 11) is 3.90. The Hall–Kier alpha value is -3.05. The van der Waals surface area contributed by atoms with Crippen molar-refractivity contribution in [2.75, 3.05) is 20.7 Å². The SMILES string of the molecule is CO[C@@]12CC[C@H](NC(=NC(=O)OC(C)(C)C)NC(=O)OC(C)(C)C)[C@@H]3Oc4c(O)ccc5c4[C@@]31CCN(C)C2C5. The number of piperidine rings is 1. The number of rotatable bonds is 2. The van der Waals surface area contributed by atoms with Gasteiger partial charge in [-0.1, -0.05) is 6.07 Å². The molecule has 4 aliphatic rings. The molecule has 5 atom stereocenters. The van der Waals surface area contributed by atoms with Gasteiger partial charge in [0.2, 0.25) is 5.96 Å². The molecule has 11 heteroatoms. The summed E-state index contributed by atoms with van der Waals surface area (Å²) in [5.41, 5.74) is -0.432. The van der Waals surface area contributed by atoms with Crippen LogP contribution in [-0.4, -0.2) is 83.8 Å². The number of benzene rings is 1. The molecule has 1 unspecified atom stereocenters. The van der Waals surface area contributed by atoms with Crippen molar-refractivity contribution in [2.24, 2.45) is 4.99 Å². The molecular formula is C29H42N4O7. The minimum absolute atomic E-state index is 0.0842. The molecule has 40 heavy (non-hydrogen) atoms. The molecule has 2 bridgehead atoms. The highest BCUT2D eigenvalue weighted by molar-refractivity contribution is 5.99. The van der Waals surface area contributed by atoms with Crippen LogP contribution in [0, 0.1) is 0 Å². The number of ether oxygens (including phenoxy) is 4. The molecule has 2 fully saturated rings. The summed E-state index contributed by atoms with van der Waals surface area (Å²) in [6.07, 6.45) is 0.819. The number of amides is 2. The van der Waals surface area contributed by atoms with Crippen LogP contribution in [0.3, 0.4) is 0 Å². The number of phenols is 1. The number of methoxy groups -OCH3 is 1. The minimum Gasteiger partial charge on any atom is -0.504 e. The normalized spacial score (nSPS) is 31.1. The second kappa shape index (κ2) is 9.51. The number of hydrogen-bond donors (Lipinski definition) is 3. The molecule has 5 rings (SSSR count). The molecule has 2 amide bonds. The van der Waals surface area contributed by atoms with Crippen molar-refractivity contribution in [3.63, 3.8) is 0 Å². The second-order valence-electron chi connectivity index (χ2n) is 13.4. The van der Waals surface area contributed by atoms with Crippen LogP contribution in [0.15, 0.2) is 17.1 Å². The highest BCUT2D eigenvalue weighted by Gasteiger charge is 2.73. The minimum atomic E-state index is -0.848. The summed E-state index contributed by atoms with van der Waals surface area (Å²) in [4.78, 5) is 31.9. The van der Waals surface area contributed by atoms with Crippen molar-refractivity contribution in [1.29, 1.82) is 0 Å². The van der Waals surface area contributed by atoms with E-state index >= 15 is 0 Å². The highest BCUT2D eigenvalue weighted by Crippen LogP contribution is 2.66. The summed E-state index contributed by atoms with van der Waals surface area (Å²) < 4.78 is 23.9. The molecule has 1 aromatic carbocycles. The lowest BCUT2D eigenvalue weighted by Crippen LogP contribution is -2.78. The number of nitrogens with zero attached hydrogens (tertiary/aromatic N) is 2. The summed E-state index contributed by atoms with van der Waals surface area (Å²) in [5.74, 6) is 0.503. The summed E-state index contributed by atoms with van der Waals surface area (Å²) in [6.45, 7) is 11.3. The van der Waals surface area contributed by atoms with Gasteiger partial charge in [-0.2, -0.15) is 0 Å². The number of carbonyl (C=O) groups is 2. The van der Waals surface area contributed by atoms with Gasteiger partial charge in [0.25, 0.3) is 0 Å². The fourth-order valence-corrected chi connectivity index (χ4v) is 7.34. The fraction of sp³-hybridized carbons (Fsp3) is 0.690. The molecule has 220 valence electrons. The third kappa shape index (κ3) is 4.56. The predicted octanol–water partition coefficient (Wildman–Crippen LogP) is 3.60. The highest BCUT2D eigenvalue weighted by atomic mass is 16.6. The second-order valence-corrected chi connectivity index (χ2v) is 13.4. The molecule has 0 radical (unpaired) electrons. The maximum absolute atomic E-state index is 12.7. The van der Waals surface area contributed by atoms with E-state index in [2.05, 4.69) is 27.6 Å². The standard InChI is InChI=1S/C29H42N4O7/c1-26(2,3)39-24(35)31-23(32-25(36)40-27(4,5)6)30-17-11-12-29(37-8)19-15-16-9-10-18(34)21-20(16)28(29,22(17)38-21)13-14-33(19)7/h9-10,17,19,22,34H,11-15H2,1-8H3,(H2,30,31,32,35,36)/t17-,19?,22-,28-,29+/m0/s1. The summed E-state index contributed by atoms with van der Waals surface area (Å²) >= 11 is 0. The van der Waals surface area contributed by atoms with Crippen molar-refractivity contribution in [1.82, 2.24) is 15.5 Å². The Morgan fingerprint density at radius 1 is 1.12 bits per heavy atom. The van der Waals surface area contributed by atoms with Crippen molar-refractivity contribution >= 4 is 18.1 Å². The Bertz CT molecular complexity index is 1240. The van der Waals surface area contributed by atoms with E-state index in [4.69, 9.17) is 18.9 Å². The molecular weight excluding hydrogens is 516 g/mol. The third-order valence-electron chi connectivity index (χ3n) is 8.59. The van der Waals surface area contributed by atoms with Gasteiger partial charge < -0.3 is 34.3 Å². The van der Waals surface area contributed by atoms with Crippen molar-refractivity contribution in [2.45, 2.75) is 108 Å². The molecule has 1 saturated heterocycles. The van der Waals surface area contributed by atoms with Gasteiger partial charge in [-0.3, -0.25) is 5.32 Å². The van der Waals surface area contributed by atoms with Gasteiger partial charge in [-0.05, 0) is 92.4 Å². The van der Waals surface area contributed by atoms with E-state index in [1.807, 2.05) is 6.07 Å². The number of likely N-dealkylation sites (N-methyl/N-ethyl adjacent to an activating group) is 1. The van der Waals surface area contributed by atoms with Crippen LogP contribution in [0.25, 0.3) is 0 Å². The zero-order valence-corrected chi connectivity index (χ0v) is 24.7. The number of aromatic hydroxyl groups is 1. The Labute approximate surface area is 235 Å². The van der Waals surface area contributed by atoms with Crippen LogP contribution in [0.4, 0.5) is 9.59 Å². The number of carbonyl (C=O) groups excluding carboxylic acids is 2. The van der Waals surface area contributed by atoms with Gasteiger partial charge in [-0.15, -0.1) is 4.99 Å². The molecule has 2 aliphatic carbocycles. The lowest BCUT2D eigenvalue weighted by Gasteiger charge is -2.65. The van der Waals surface area contributed by atoms with Crippen molar-refractivity contribution in [3.8, 4) is 11.5 Å². The van der Waals surface area contributed by atoms with E-state index in [-0.39, 0.29) is 23.8 Å². The molecule has 1 spiro atoms. The monoisotopic (exact) mass is 558 g/mol. The number of alkyl carbamates (subject to hydrolysis) is 1. The lowest BCUT2D eigenvalue weighted by molar-refractivity contribution is -0.202. The smallest absolute Gasteiger partial charge is 0.437 e. The number of aliphatic imine (C=N–C) groups is 1. The average Bonchev–Trinajstić information content (AvgIpc) is 3.17. The van der Waals surface area contributed by atoms with Crippen LogP contribution >= 0.6 is 0 Å². The van der Waals surface area contributed by atoms with Crippen LogP contribution < -0.4 is 15.4 Å². The number of nitrogens with one attached hydrogen (secondary N) is 2. The van der Waals surface area contributed by atoms with Crippen molar-refractivity contribution in [3.05, 3.63) is 23.3 Å². The molecule has 1 saturated carbocycles. The lowest BCUT2D eigenvalue weighted by atomic mass is 9.48. The fourth-order valence-electron chi connectivity index (χ4n) is 7.34. The van der Waals surface area contributed by atoms with E-state index in [1.165, 1.54) is 0 Å². The number of hydrogen-bond acceptors (Lipinski definition) is 8. The molecule has 11 nitrogen and oxygen atoms in total. The van der Waals surface area contributed by atoms with Gasteiger partial charge >= 0.3 is 12.2 Å². The predicted molar refractivity (Wildman–Crippen MR) is 148 cm³/mol. The zero-order valence-electron chi connectivity index (χ0n) is 24.7. The Morgan fingerprint density at radius 2 is 1.82 bits per heavy atom. The number of guanidine groups is 1. The average molecular weight is 559 g/mol. The first-order valence-corrected chi connectivity index (χ1v) is 14.0. The maximum Gasteiger partial charge on any atom is 0.437 e. The van der Waals surface area contributed by atoms with Crippen molar-refractivity contribution < 1.29 is 33.6 Å². The van der Waals surface area contributed by atoms with E-state index in [0.717, 1.165) is 30.5 Å². The Balaban J connectivity index is 1.53. The summed E-state index contributed by atoms with van der Waals surface area (Å²) in [5, 5.41) is 16.8. The van der Waals surface area contributed by atoms with Gasteiger partial charge in [0.05, 0.1) is 17.1 Å². The first kappa shape index (κ1) is 28.5. The molecule has 1 aromatic rings. The van der Waals surface area contributed by atoms with Crippen LogP contribution in [0.1, 0.15) is 71.9 Å². The Kier molecular flexibility index (Phi) is 6.77. The molecule has 0 aromatic heterocycles. The third-order valence-corrected chi connectivity index (χ3v) is 8.59. The quantitative estimate of drug-likeness (QED) is 0.368. The first-order valence-electron chi connectivity index (χ1n) is 14.0. The van der Waals surface area contributed by atoms with Gasteiger partial charge in [0.1, 0.15) is 17.3 Å². The van der Waals surface area contributed by atoms with Gasteiger partial charge in [0.15, 0.2) is 11.5 Å². The van der Waals surface area contributed by atoms with E-state index in [0.29, 0.717) is 18.6 Å². The summed E-state index contributed by atoms with van der Waals surface area (Å²) in [6, 6.07) is 3.45. The molecule has 2 heterocycles. The number of phenolic OH excluding ortho intramolecular Hbond substituents is 1. The van der Waals surface area contributed by atoms with E-state index in [9.17, 15) is 14.7 Å². The van der Waals surface area contributed by atoms with Gasteiger partial charge in [0, 0.05) is 18.7 Å². The zero-order chi connectivity index (χ0) is 29.3. The van der Waals surface area contributed by atoms with E-state index < -0.39 is 40.5 Å². The van der Waals surface area contributed by atoms with Crippen LogP contribution in [0.2, 0.25) is 0 Å². The maximum atomic E-state index is 12.7. The topological polar surface area (TPSA) is 131 Å². The largest absolute Gasteiger partial charge is 0.504 e.